The normalized spacial score (nSPS) is 9.17. The molecule has 2 rings (SSSR count). The van der Waals surface area contributed by atoms with E-state index in [2.05, 4.69) is 65.1 Å². The van der Waals surface area contributed by atoms with Gasteiger partial charge in [-0.2, -0.15) is 0 Å². The van der Waals surface area contributed by atoms with Crippen molar-refractivity contribution in [2.75, 3.05) is 0 Å². The third-order valence-corrected chi connectivity index (χ3v) is 3.92. The van der Waals surface area contributed by atoms with Gasteiger partial charge in [-0.15, -0.1) is 0 Å². The Morgan fingerprint density at radius 3 is 1.33 bits per heavy atom. The van der Waals surface area contributed by atoms with Crippen LogP contribution in [0.5, 0.6) is 0 Å². The second-order valence-corrected chi connectivity index (χ2v) is 6.13. The minimum atomic E-state index is 1.09. The Bertz CT molecular complexity index is 631. The van der Waals surface area contributed by atoms with Crippen LogP contribution in [0.3, 0.4) is 0 Å². The molecular formula is C24H34. The van der Waals surface area contributed by atoms with Crippen LogP contribution in [-0.2, 0) is 0 Å². The van der Waals surface area contributed by atoms with Gasteiger partial charge in [0.2, 0.25) is 0 Å². The van der Waals surface area contributed by atoms with Crippen molar-refractivity contribution in [2.24, 2.45) is 0 Å². The SMILES string of the molecule is C=C(C)c1ccccc1C(=C)C.CC.Cc1cc(C)c(C)c(C)c1. The molecule has 0 aliphatic heterocycles. The van der Waals surface area contributed by atoms with Crippen LogP contribution in [-0.4, -0.2) is 0 Å². The van der Waals surface area contributed by atoms with Crippen LogP contribution in [0.2, 0.25) is 0 Å². The van der Waals surface area contributed by atoms with E-state index in [1.165, 1.54) is 33.4 Å². The van der Waals surface area contributed by atoms with Gasteiger partial charge in [-0.3, -0.25) is 0 Å². The van der Waals surface area contributed by atoms with Crippen LogP contribution in [0.15, 0.2) is 49.6 Å². The van der Waals surface area contributed by atoms with E-state index in [9.17, 15) is 0 Å². The number of hydrogen-bond donors (Lipinski definition) is 0. The van der Waals surface area contributed by atoms with Gasteiger partial charge in [-0.25, -0.2) is 0 Å². The van der Waals surface area contributed by atoms with Gasteiger partial charge in [0.15, 0.2) is 0 Å². The number of benzene rings is 2. The predicted molar refractivity (Wildman–Crippen MR) is 113 cm³/mol. The summed E-state index contributed by atoms with van der Waals surface area (Å²) in [5, 5.41) is 0. The van der Waals surface area contributed by atoms with E-state index in [0.717, 1.165) is 11.1 Å². The Morgan fingerprint density at radius 2 is 1.04 bits per heavy atom. The zero-order valence-electron chi connectivity index (χ0n) is 16.9. The highest BCUT2D eigenvalue weighted by molar-refractivity contribution is 5.76. The highest BCUT2D eigenvalue weighted by atomic mass is 14.1. The van der Waals surface area contributed by atoms with Crippen LogP contribution in [0.4, 0.5) is 0 Å². The Kier molecular flexibility index (Phi) is 9.73. The maximum atomic E-state index is 3.93. The minimum absolute atomic E-state index is 1.09. The monoisotopic (exact) mass is 322 g/mol. The van der Waals surface area contributed by atoms with Crippen LogP contribution < -0.4 is 0 Å². The van der Waals surface area contributed by atoms with Crippen molar-refractivity contribution in [3.8, 4) is 0 Å². The molecule has 0 saturated heterocycles. The molecule has 0 spiro atoms. The molecule has 0 bridgehead atoms. The lowest BCUT2D eigenvalue weighted by atomic mass is 9.98. The largest absolute Gasteiger partial charge is 0.0955 e. The summed E-state index contributed by atoms with van der Waals surface area (Å²) in [6.07, 6.45) is 0. The summed E-state index contributed by atoms with van der Waals surface area (Å²) in [6.45, 7) is 24.5. The molecule has 24 heavy (non-hydrogen) atoms. The van der Waals surface area contributed by atoms with E-state index in [4.69, 9.17) is 0 Å². The third kappa shape index (κ3) is 6.58. The summed E-state index contributed by atoms with van der Waals surface area (Å²) >= 11 is 0. The molecule has 0 aliphatic carbocycles. The number of allylic oxidation sites excluding steroid dienone is 2. The van der Waals surface area contributed by atoms with Crippen LogP contribution >= 0.6 is 0 Å². The molecule has 0 fully saturated rings. The van der Waals surface area contributed by atoms with Crippen molar-refractivity contribution >= 4 is 11.1 Å². The molecule has 130 valence electrons. The van der Waals surface area contributed by atoms with Gasteiger partial charge in [-0.1, -0.05) is 80.1 Å². The second-order valence-electron chi connectivity index (χ2n) is 6.13. The fourth-order valence-corrected chi connectivity index (χ4v) is 2.48. The van der Waals surface area contributed by atoms with Gasteiger partial charge in [0.05, 0.1) is 0 Å². The molecule has 0 aliphatic rings. The minimum Gasteiger partial charge on any atom is -0.0955 e. The highest BCUT2D eigenvalue weighted by Gasteiger charge is 2.01. The first-order chi connectivity index (χ1) is 11.2. The summed E-state index contributed by atoms with van der Waals surface area (Å²) < 4.78 is 0. The smallest absolute Gasteiger partial charge is 0.0158 e. The average Bonchev–Trinajstić information content (AvgIpc) is 2.55. The topological polar surface area (TPSA) is 0 Å². The molecule has 0 unspecified atom stereocenters. The Morgan fingerprint density at radius 1 is 0.708 bits per heavy atom. The molecule has 2 aromatic rings. The Balaban J connectivity index is 0.000000405. The predicted octanol–water partition coefficient (Wildman–Crippen LogP) is 7.70. The third-order valence-electron chi connectivity index (χ3n) is 3.92. The maximum Gasteiger partial charge on any atom is -0.0158 e. The van der Waals surface area contributed by atoms with Crippen molar-refractivity contribution in [1.29, 1.82) is 0 Å². The summed E-state index contributed by atoms with van der Waals surface area (Å²) in [4.78, 5) is 0. The van der Waals surface area contributed by atoms with Crippen LogP contribution in [0.25, 0.3) is 11.1 Å². The van der Waals surface area contributed by atoms with Gasteiger partial charge < -0.3 is 0 Å². The molecule has 0 heteroatoms. The maximum absolute atomic E-state index is 3.93. The van der Waals surface area contributed by atoms with Gasteiger partial charge in [0.25, 0.3) is 0 Å². The van der Waals surface area contributed by atoms with Gasteiger partial charge in [0.1, 0.15) is 0 Å². The van der Waals surface area contributed by atoms with E-state index < -0.39 is 0 Å². The fourth-order valence-electron chi connectivity index (χ4n) is 2.48. The zero-order chi connectivity index (χ0) is 18.9. The first-order valence-corrected chi connectivity index (χ1v) is 8.69. The Hall–Kier alpha value is -2.08. The second kappa shape index (κ2) is 10.6. The molecule has 0 heterocycles. The molecular weight excluding hydrogens is 288 g/mol. The van der Waals surface area contributed by atoms with Crippen LogP contribution in [0.1, 0.15) is 61.1 Å². The summed E-state index contributed by atoms with van der Waals surface area (Å²) in [5.41, 5.74) is 10.2. The van der Waals surface area contributed by atoms with E-state index in [-0.39, 0.29) is 0 Å². The molecule has 0 aromatic heterocycles. The summed E-state index contributed by atoms with van der Waals surface area (Å²) in [6, 6.07) is 12.6. The molecule has 0 N–H and O–H groups in total. The standard InChI is InChI=1S/C12H14.C10H14.C2H6/c1-9(2)11-7-5-6-8-12(11)10(3)4;1-7-5-8(2)10(4)9(3)6-7;1-2/h5-8H,1,3H2,2,4H3;5-6H,1-4H3;1-2H3. The van der Waals surface area contributed by atoms with Gasteiger partial charge in [0, 0.05) is 0 Å². The first kappa shape index (κ1) is 21.9. The van der Waals surface area contributed by atoms with Crippen molar-refractivity contribution in [3.05, 3.63) is 82.9 Å². The molecule has 0 radical (unpaired) electrons. The lowest BCUT2D eigenvalue weighted by Gasteiger charge is -2.07. The van der Waals surface area contributed by atoms with E-state index in [1.54, 1.807) is 0 Å². The lowest BCUT2D eigenvalue weighted by Crippen LogP contribution is -1.86. The number of rotatable bonds is 2. The highest BCUT2D eigenvalue weighted by Crippen LogP contribution is 2.22. The van der Waals surface area contributed by atoms with Crippen molar-refractivity contribution in [1.82, 2.24) is 0 Å². The van der Waals surface area contributed by atoms with E-state index >= 15 is 0 Å². The van der Waals surface area contributed by atoms with Crippen molar-refractivity contribution in [3.63, 3.8) is 0 Å². The first-order valence-electron chi connectivity index (χ1n) is 8.69. The molecule has 2 aromatic carbocycles. The quantitative estimate of drug-likeness (QED) is 0.531. The van der Waals surface area contributed by atoms with E-state index in [1.807, 2.05) is 39.8 Å². The number of hydrogen-bond acceptors (Lipinski definition) is 0. The average molecular weight is 323 g/mol. The van der Waals surface area contributed by atoms with Crippen LogP contribution in [0, 0.1) is 27.7 Å². The van der Waals surface area contributed by atoms with Crippen molar-refractivity contribution < 1.29 is 0 Å². The molecule has 0 nitrogen and oxygen atoms in total. The lowest BCUT2D eigenvalue weighted by molar-refractivity contribution is 1.23. The molecule has 0 saturated carbocycles. The van der Waals surface area contributed by atoms with Crippen molar-refractivity contribution in [2.45, 2.75) is 55.4 Å². The van der Waals surface area contributed by atoms with Gasteiger partial charge in [-0.05, 0) is 69.4 Å². The summed E-state index contributed by atoms with van der Waals surface area (Å²) in [7, 11) is 0. The van der Waals surface area contributed by atoms with Gasteiger partial charge >= 0.3 is 0 Å². The fraction of sp³-hybridized carbons (Fsp3) is 0.333. The molecule has 0 amide bonds. The zero-order valence-corrected chi connectivity index (χ0v) is 16.9. The summed E-state index contributed by atoms with van der Waals surface area (Å²) in [5.74, 6) is 0. The molecule has 0 atom stereocenters. The Labute approximate surface area is 150 Å². The number of aryl methyl sites for hydroxylation is 3. The van der Waals surface area contributed by atoms with E-state index in [0.29, 0.717) is 0 Å².